The van der Waals surface area contributed by atoms with Crippen molar-refractivity contribution in [2.75, 3.05) is 26.3 Å². The van der Waals surface area contributed by atoms with Crippen LogP contribution in [0.25, 0.3) is 0 Å². The lowest BCUT2D eigenvalue weighted by molar-refractivity contribution is -0.137. The van der Waals surface area contributed by atoms with E-state index in [1.54, 1.807) is 0 Å². The summed E-state index contributed by atoms with van der Waals surface area (Å²) in [6, 6.07) is 0.806. The molecule has 1 saturated heterocycles. The fourth-order valence-corrected chi connectivity index (χ4v) is 9.18. The number of nitrogens with zero attached hydrogens (tertiary/aromatic N) is 1. The summed E-state index contributed by atoms with van der Waals surface area (Å²) in [6.45, 7) is 11.2. The molecule has 158 valence electrons. The molecular formula is C25H41NO2. The maximum Gasteiger partial charge on any atom is 0.133 e. The van der Waals surface area contributed by atoms with Gasteiger partial charge in [-0.25, -0.2) is 0 Å². The molecule has 4 aliphatic carbocycles. The van der Waals surface area contributed by atoms with Crippen molar-refractivity contribution in [2.45, 2.75) is 84.6 Å². The van der Waals surface area contributed by atoms with Crippen LogP contribution in [0.2, 0.25) is 0 Å². The van der Waals surface area contributed by atoms with Crippen molar-refractivity contribution in [3.8, 4) is 0 Å². The van der Waals surface area contributed by atoms with Gasteiger partial charge < -0.3 is 4.74 Å². The predicted molar refractivity (Wildman–Crippen MR) is 112 cm³/mol. The maximum absolute atomic E-state index is 12.3. The van der Waals surface area contributed by atoms with Crippen molar-refractivity contribution in [3.63, 3.8) is 0 Å². The van der Waals surface area contributed by atoms with Crippen LogP contribution >= 0.6 is 0 Å². The van der Waals surface area contributed by atoms with E-state index in [4.69, 9.17) is 4.74 Å². The molecule has 0 N–H and O–H groups in total. The van der Waals surface area contributed by atoms with Crippen molar-refractivity contribution in [2.24, 2.45) is 40.4 Å². The standard InChI is InChI=1S/C25H41NO2/c1-17(27)21-6-7-22-20-5-4-18-16-19(26-12-14-28-15-13-26)8-10-24(18,2)23(20)9-11-25(21,22)3/h18-23H,4-16H2,1-3H3/t18-,19+,20-,21+,22-,23-,24-,25+/m0/s1. The minimum absolute atomic E-state index is 0.307. The number of carbonyl (C=O) groups is 1. The first-order valence-corrected chi connectivity index (χ1v) is 12.3. The molecule has 0 aromatic carbocycles. The molecule has 0 radical (unpaired) electrons. The van der Waals surface area contributed by atoms with Gasteiger partial charge in [-0.3, -0.25) is 9.69 Å². The zero-order valence-electron chi connectivity index (χ0n) is 18.4. The van der Waals surface area contributed by atoms with Gasteiger partial charge in [0.25, 0.3) is 0 Å². The summed E-state index contributed by atoms with van der Waals surface area (Å²) in [7, 11) is 0. The van der Waals surface area contributed by atoms with Gasteiger partial charge in [-0.2, -0.15) is 0 Å². The summed E-state index contributed by atoms with van der Waals surface area (Å²) in [4.78, 5) is 15.1. The molecule has 3 nitrogen and oxygen atoms in total. The van der Waals surface area contributed by atoms with E-state index in [-0.39, 0.29) is 0 Å². The Morgan fingerprint density at radius 2 is 1.61 bits per heavy atom. The Balaban J connectivity index is 1.33. The van der Waals surface area contributed by atoms with E-state index in [0.29, 0.717) is 22.5 Å². The molecule has 5 fully saturated rings. The van der Waals surface area contributed by atoms with Crippen molar-refractivity contribution in [1.82, 2.24) is 4.90 Å². The van der Waals surface area contributed by atoms with Crippen LogP contribution in [-0.4, -0.2) is 43.0 Å². The average molecular weight is 388 g/mol. The molecule has 28 heavy (non-hydrogen) atoms. The molecular weight excluding hydrogens is 346 g/mol. The molecule has 0 spiro atoms. The van der Waals surface area contributed by atoms with Gasteiger partial charge in [0.1, 0.15) is 5.78 Å². The summed E-state index contributed by atoms with van der Waals surface area (Å²) in [5.74, 6) is 4.36. The third kappa shape index (κ3) is 2.86. The zero-order valence-corrected chi connectivity index (χ0v) is 18.4. The predicted octanol–water partition coefficient (Wildman–Crippen LogP) is 4.94. The van der Waals surface area contributed by atoms with E-state index in [1.165, 1.54) is 57.8 Å². The molecule has 5 aliphatic rings. The Labute approximate surface area is 172 Å². The lowest BCUT2D eigenvalue weighted by Gasteiger charge is -2.61. The molecule has 1 aliphatic heterocycles. The van der Waals surface area contributed by atoms with Gasteiger partial charge in [0.15, 0.2) is 0 Å². The van der Waals surface area contributed by atoms with Crippen LogP contribution in [-0.2, 0) is 9.53 Å². The largest absolute Gasteiger partial charge is 0.379 e. The Morgan fingerprint density at radius 3 is 2.36 bits per heavy atom. The first kappa shape index (κ1) is 19.5. The second kappa shape index (κ2) is 7.08. The van der Waals surface area contributed by atoms with Crippen LogP contribution in [0.4, 0.5) is 0 Å². The highest BCUT2D eigenvalue weighted by Gasteiger charge is 2.60. The van der Waals surface area contributed by atoms with Crippen LogP contribution < -0.4 is 0 Å². The number of morpholine rings is 1. The van der Waals surface area contributed by atoms with E-state index in [1.807, 2.05) is 6.92 Å². The zero-order chi connectivity index (χ0) is 19.5. The Hall–Kier alpha value is -0.410. The number of ether oxygens (including phenoxy) is 1. The highest BCUT2D eigenvalue weighted by atomic mass is 16.5. The van der Waals surface area contributed by atoms with Gasteiger partial charge in [-0.05, 0) is 99.2 Å². The van der Waals surface area contributed by atoms with Gasteiger partial charge >= 0.3 is 0 Å². The minimum atomic E-state index is 0.307. The van der Waals surface area contributed by atoms with Crippen LogP contribution in [0, 0.1) is 40.4 Å². The van der Waals surface area contributed by atoms with E-state index in [9.17, 15) is 4.79 Å². The quantitative estimate of drug-likeness (QED) is 0.672. The van der Waals surface area contributed by atoms with E-state index < -0.39 is 0 Å². The highest BCUT2D eigenvalue weighted by molar-refractivity contribution is 5.79. The van der Waals surface area contributed by atoms with Gasteiger partial charge in [0.05, 0.1) is 13.2 Å². The lowest BCUT2D eigenvalue weighted by atomic mass is 9.44. The molecule has 5 rings (SSSR count). The SMILES string of the molecule is CC(=O)[C@H]1CC[C@H]2[C@@H]3CC[C@H]4C[C@H](N5CCOCC5)CC[C@]4(C)[C@H]3CC[C@]12C. The number of rotatable bonds is 2. The summed E-state index contributed by atoms with van der Waals surface area (Å²) in [5, 5.41) is 0. The smallest absolute Gasteiger partial charge is 0.133 e. The summed E-state index contributed by atoms with van der Waals surface area (Å²) in [6.07, 6.45) is 12.3. The van der Waals surface area contributed by atoms with E-state index >= 15 is 0 Å². The molecule has 0 aromatic heterocycles. The number of hydrogen-bond acceptors (Lipinski definition) is 3. The molecule has 8 atom stereocenters. The molecule has 4 saturated carbocycles. The molecule has 0 unspecified atom stereocenters. The normalized spacial score (nSPS) is 51.8. The van der Waals surface area contributed by atoms with Crippen LogP contribution in [0.3, 0.4) is 0 Å². The fourth-order valence-electron chi connectivity index (χ4n) is 9.18. The van der Waals surface area contributed by atoms with Gasteiger partial charge in [0.2, 0.25) is 0 Å². The third-order valence-electron chi connectivity index (χ3n) is 10.7. The van der Waals surface area contributed by atoms with Crippen LogP contribution in [0.1, 0.15) is 78.6 Å². The molecule has 1 heterocycles. The van der Waals surface area contributed by atoms with Gasteiger partial charge in [0, 0.05) is 25.0 Å². The third-order valence-corrected chi connectivity index (χ3v) is 10.7. The topological polar surface area (TPSA) is 29.5 Å². The lowest BCUT2D eigenvalue weighted by Crippen LogP contribution is -2.56. The summed E-state index contributed by atoms with van der Waals surface area (Å²) in [5.41, 5.74) is 0.864. The van der Waals surface area contributed by atoms with Crippen molar-refractivity contribution in [1.29, 1.82) is 0 Å². The minimum Gasteiger partial charge on any atom is -0.379 e. The number of Topliss-reactive ketones (excluding diaryl/α,β-unsaturated/α-hetero) is 1. The molecule has 0 aromatic rings. The highest BCUT2D eigenvalue weighted by Crippen LogP contribution is 2.67. The average Bonchev–Trinajstić information content (AvgIpc) is 3.05. The Morgan fingerprint density at radius 1 is 0.893 bits per heavy atom. The number of fused-ring (bicyclic) bond motifs is 5. The number of ketones is 1. The molecule has 0 bridgehead atoms. The number of hydrogen-bond donors (Lipinski definition) is 0. The first-order valence-electron chi connectivity index (χ1n) is 12.3. The monoisotopic (exact) mass is 387 g/mol. The fraction of sp³-hybridized carbons (Fsp3) is 0.960. The Bertz CT molecular complexity index is 614. The van der Waals surface area contributed by atoms with Crippen molar-refractivity contribution >= 4 is 5.78 Å². The summed E-state index contributed by atoms with van der Waals surface area (Å²) < 4.78 is 5.60. The first-order chi connectivity index (χ1) is 13.4. The van der Waals surface area contributed by atoms with Crippen LogP contribution in [0.15, 0.2) is 0 Å². The Kier molecular flexibility index (Phi) is 4.94. The molecule has 0 amide bonds. The van der Waals surface area contributed by atoms with E-state index in [0.717, 1.165) is 56.0 Å². The summed E-state index contributed by atoms with van der Waals surface area (Å²) >= 11 is 0. The number of carbonyl (C=O) groups excluding carboxylic acids is 1. The van der Waals surface area contributed by atoms with Crippen molar-refractivity contribution in [3.05, 3.63) is 0 Å². The van der Waals surface area contributed by atoms with Crippen LogP contribution in [0.5, 0.6) is 0 Å². The maximum atomic E-state index is 12.3. The second-order valence-electron chi connectivity index (χ2n) is 11.5. The van der Waals surface area contributed by atoms with E-state index in [2.05, 4.69) is 18.7 Å². The van der Waals surface area contributed by atoms with Gasteiger partial charge in [-0.1, -0.05) is 13.8 Å². The van der Waals surface area contributed by atoms with Gasteiger partial charge in [-0.15, -0.1) is 0 Å². The molecule has 3 heteroatoms. The second-order valence-corrected chi connectivity index (χ2v) is 11.5. The van der Waals surface area contributed by atoms with Crippen molar-refractivity contribution < 1.29 is 9.53 Å².